The van der Waals surface area contributed by atoms with Gasteiger partial charge in [0.15, 0.2) is 0 Å². The Morgan fingerprint density at radius 3 is 2.51 bits per heavy atom. The van der Waals surface area contributed by atoms with Gasteiger partial charge in [-0.3, -0.25) is 19.5 Å². The quantitative estimate of drug-likeness (QED) is 0.435. The molecule has 3 atom stereocenters. The number of hydrogen-bond acceptors (Lipinski definition) is 7. The lowest BCUT2D eigenvalue weighted by Crippen LogP contribution is -2.33. The lowest BCUT2D eigenvalue weighted by Gasteiger charge is -2.21. The molecular weight excluding hydrogens is 490 g/mol. The van der Waals surface area contributed by atoms with Gasteiger partial charge in [-0.15, -0.1) is 0 Å². The van der Waals surface area contributed by atoms with Crippen molar-refractivity contribution in [1.29, 1.82) is 0 Å². The van der Waals surface area contributed by atoms with E-state index in [4.69, 9.17) is 4.74 Å². The van der Waals surface area contributed by atoms with Crippen LogP contribution in [0, 0.1) is 11.8 Å². The van der Waals surface area contributed by atoms with Crippen molar-refractivity contribution < 1.29 is 17.9 Å². The van der Waals surface area contributed by atoms with Crippen LogP contribution in [-0.4, -0.2) is 41.1 Å². The number of aromatic nitrogens is 3. The molecule has 1 aromatic carbocycles. The van der Waals surface area contributed by atoms with E-state index in [-0.39, 0.29) is 23.0 Å². The number of pyridine rings is 1. The van der Waals surface area contributed by atoms with E-state index in [1.807, 2.05) is 31.2 Å². The second-order valence-corrected chi connectivity index (χ2v) is 12.0. The summed E-state index contributed by atoms with van der Waals surface area (Å²) in [6.07, 6.45) is 9.24. The molecule has 0 bridgehead atoms. The van der Waals surface area contributed by atoms with Crippen molar-refractivity contribution in [3.8, 4) is 17.1 Å². The maximum Gasteiger partial charge on any atom is 0.237 e. The Hall–Kier alpha value is -3.53. The average Bonchev–Trinajstić information content (AvgIpc) is 3.80. The van der Waals surface area contributed by atoms with Crippen LogP contribution >= 0.6 is 0 Å². The molecule has 2 heterocycles. The average molecular weight is 520 g/mol. The third-order valence-electron chi connectivity index (χ3n) is 7.70. The van der Waals surface area contributed by atoms with Gasteiger partial charge >= 0.3 is 0 Å². The van der Waals surface area contributed by atoms with E-state index in [0.29, 0.717) is 48.1 Å². The van der Waals surface area contributed by atoms with Crippen LogP contribution < -0.4 is 14.8 Å². The molecule has 1 unspecified atom stereocenters. The second kappa shape index (κ2) is 9.09. The predicted octanol–water partition coefficient (Wildman–Crippen LogP) is 4.15. The number of fused-ring (bicyclic) bond motifs is 1. The lowest BCUT2D eigenvalue weighted by atomic mass is 9.90. The number of carbonyl (C=O) groups is 1. The summed E-state index contributed by atoms with van der Waals surface area (Å²) in [4.78, 5) is 27.0. The van der Waals surface area contributed by atoms with Crippen molar-refractivity contribution in [1.82, 2.24) is 15.0 Å². The van der Waals surface area contributed by atoms with Crippen LogP contribution in [0.25, 0.3) is 11.3 Å². The fourth-order valence-electron chi connectivity index (χ4n) is 5.80. The van der Waals surface area contributed by atoms with E-state index in [1.54, 1.807) is 30.7 Å². The molecule has 37 heavy (non-hydrogen) atoms. The van der Waals surface area contributed by atoms with E-state index in [2.05, 4.69) is 25.0 Å². The van der Waals surface area contributed by atoms with Gasteiger partial charge in [-0.25, -0.2) is 13.4 Å². The highest BCUT2D eigenvalue weighted by molar-refractivity contribution is 7.93. The molecule has 9 nitrogen and oxygen atoms in total. The van der Waals surface area contributed by atoms with Crippen LogP contribution in [-0.2, 0) is 20.2 Å². The second-order valence-electron chi connectivity index (χ2n) is 10.00. The molecule has 0 aliphatic heterocycles. The third kappa shape index (κ3) is 4.33. The van der Waals surface area contributed by atoms with Gasteiger partial charge in [-0.1, -0.05) is 18.6 Å². The molecular formula is C27H29N5O4S. The molecule has 0 radical (unpaired) electrons. The number of anilines is 2. The highest BCUT2D eigenvalue weighted by Crippen LogP contribution is 2.68. The smallest absolute Gasteiger partial charge is 0.237 e. The molecule has 2 aromatic heterocycles. The van der Waals surface area contributed by atoms with E-state index in [9.17, 15) is 13.2 Å². The van der Waals surface area contributed by atoms with Crippen LogP contribution in [0.1, 0.15) is 44.7 Å². The van der Waals surface area contributed by atoms with Crippen LogP contribution in [0.3, 0.4) is 0 Å². The fraction of sp³-hybridized carbons (Fsp3) is 0.407. The summed E-state index contributed by atoms with van der Waals surface area (Å²) in [5, 5.41) is 2.78. The van der Waals surface area contributed by atoms with Gasteiger partial charge in [0.2, 0.25) is 21.8 Å². The minimum Gasteiger partial charge on any atom is -0.477 e. The fourth-order valence-corrected chi connectivity index (χ4v) is 7.18. The molecule has 6 rings (SSSR count). The summed E-state index contributed by atoms with van der Waals surface area (Å²) in [5.74, 6) is 0.800. The zero-order valence-electron chi connectivity index (χ0n) is 20.6. The number of amides is 1. The topological polar surface area (TPSA) is 123 Å². The number of nitrogens with one attached hydrogen (secondary N) is 2. The Morgan fingerprint density at radius 1 is 1.05 bits per heavy atom. The van der Waals surface area contributed by atoms with Crippen molar-refractivity contribution in [2.75, 3.05) is 16.6 Å². The van der Waals surface area contributed by atoms with Gasteiger partial charge in [0.05, 0.1) is 46.7 Å². The van der Waals surface area contributed by atoms with E-state index in [1.165, 1.54) is 0 Å². The molecule has 10 heteroatoms. The van der Waals surface area contributed by atoms with Crippen LogP contribution in [0.2, 0.25) is 0 Å². The highest BCUT2D eigenvalue weighted by atomic mass is 32.2. The molecule has 1 amide bonds. The predicted molar refractivity (Wildman–Crippen MR) is 140 cm³/mol. The number of hydrogen-bond donors (Lipinski definition) is 2. The first kappa shape index (κ1) is 23.8. The number of ether oxygens (including phenoxy) is 1. The van der Waals surface area contributed by atoms with Crippen molar-refractivity contribution in [3.05, 3.63) is 60.7 Å². The maximum absolute atomic E-state index is 13.8. The number of benzene rings is 1. The lowest BCUT2D eigenvalue weighted by molar-refractivity contribution is -0.119. The highest BCUT2D eigenvalue weighted by Gasteiger charge is 2.72. The summed E-state index contributed by atoms with van der Waals surface area (Å²) in [6.45, 7) is 2.40. The Kier molecular flexibility index (Phi) is 5.86. The minimum absolute atomic E-state index is 0.0946. The Balaban J connectivity index is 1.23. The minimum atomic E-state index is -3.40. The molecule has 192 valence electrons. The first-order chi connectivity index (χ1) is 17.9. The van der Waals surface area contributed by atoms with Crippen molar-refractivity contribution in [2.24, 2.45) is 11.8 Å². The van der Waals surface area contributed by atoms with Crippen molar-refractivity contribution >= 4 is 27.3 Å². The summed E-state index contributed by atoms with van der Waals surface area (Å²) < 4.78 is 33.1. The summed E-state index contributed by atoms with van der Waals surface area (Å²) in [6, 6.07) is 10.9. The first-order valence-electron chi connectivity index (χ1n) is 12.8. The van der Waals surface area contributed by atoms with Gasteiger partial charge in [-0.05, 0) is 68.7 Å². The van der Waals surface area contributed by atoms with Gasteiger partial charge < -0.3 is 10.1 Å². The van der Waals surface area contributed by atoms with Crippen LogP contribution in [0.15, 0.2) is 55.0 Å². The molecule has 3 fully saturated rings. The first-order valence-corrected chi connectivity index (χ1v) is 14.3. The molecule has 0 spiro atoms. The summed E-state index contributed by atoms with van der Waals surface area (Å²) in [7, 11) is -3.40. The van der Waals surface area contributed by atoms with Crippen LogP contribution in [0.5, 0.6) is 5.88 Å². The Bertz CT molecular complexity index is 1430. The Morgan fingerprint density at radius 2 is 1.81 bits per heavy atom. The molecule has 3 saturated carbocycles. The molecule has 0 saturated heterocycles. The standard InChI is InChI=1S/C27H29N5O4S/c1-2-36-25-16-28-15-23(31-25)17-6-8-18(9-7-17)30-26(33)27(21-4-3-5-22(21)27)24-14-19(12-13-29-24)32-37(34,35)20-10-11-20/h6-9,12-16,20-22H,2-5,10-11H2,1H3,(H,29,32)(H,30,33)/t21-,22+,27?. The summed E-state index contributed by atoms with van der Waals surface area (Å²) >= 11 is 0. The van der Waals surface area contributed by atoms with Gasteiger partial charge in [-0.2, -0.15) is 0 Å². The SMILES string of the molecule is CCOc1cncc(-c2ccc(NC(=O)C3(c4cc(NS(=O)(=O)C5CC5)ccn4)[C@@H]4CCC[C@@H]43)cc2)n1. The third-order valence-corrected chi connectivity index (χ3v) is 9.57. The van der Waals surface area contributed by atoms with Gasteiger partial charge in [0, 0.05) is 17.4 Å². The zero-order chi connectivity index (χ0) is 25.6. The maximum atomic E-state index is 13.8. The van der Waals surface area contributed by atoms with Crippen molar-refractivity contribution in [2.45, 2.75) is 49.7 Å². The van der Waals surface area contributed by atoms with Gasteiger partial charge in [0.25, 0.3) is 0 Å². The largest absolute Gasteiger partial charge is 0.477 e. The normalized spacial score (nSPS) is 24.2. The van der Waals surface area contributed by atoms with E-state index >= 15 is 0 Å². The monoisotopic (exact) mass is 519 g/mol. The molecule has 3 aliphatic carbocycles. The number of sulfonamides is 1. The molecule has 3 aromatic rings. The number of nitrogens with zero attached hydrogens (tertiary/aromatic N) is 3. The summed E-state index contributed by atoms with van der Waals surface area (Å²) in [5.41, 5.74) is 2.59. The van der Waals surface area contributed by atoms with E-state index in [0.717, 1.165) is 24.8 Å². The Labute approximate surface area is 216 Å². The zero-order valence-corrected chi connectivity index (χ0v) is 21.4. The van der Waals surface area contributed by atoms with E-state index < -0.39 is 15.4 Å². The number of carbonyl (C=O) groups excluding carboxylic acids is 1. The van der Waals surface area contributed by atoms with Gasteiger partial charge in [0.1, 0.15) is 0 Å². The molecule has 2 N–H and O–H groups in total. The van der Waals surface area contributed by atoms with Crippen molar-refractivity contribution in [3.63, 3.8) is 0 Å². The number of rotatable bonds is 9. The van der Waals surface area contributed by atoms with Crippen LogP contribution in [0.4, 0.5) is 11.4 Å². The molecule has 3 aliphatic rings.